The summed E-state index contributed by atoms with van der Waals surface area (Å²) < 4.78 is 28.2. The minimum atomic E-state index is -0.565. The predicted octanol–water partition coefficient (Wildman–Crippen LogP) is 4.43. The Bertz CT molecular complexity index is 1630. The third-order valence-electron chi connectivity index (χ3n) is 8.03. The van der Waals surface area contributed by atoms with E-state index in [0.29, 0.717) is 54.5 Å². The number of fused-ring (bicyclic) bond motifs is 2. The average Bonchev–Trinajstić information content (AvgIpc) is 3.36. The van der Waals surface area contributed by atoms with Crippen LogP contribution in [-0.4, -0.2) is 85.0 Å². The number of halogens is 2. The SMILES string of the molecule is CO[C@@H]1C[C@@H](COc2nc(N3CCNC(CC#N)C3)c3cnc(-c4cccc5cccc(Cl)c45)c(F)c3n2)N(C)C1. The monoisotopic (exact) mass is 575 g/mol. The molecule has 0 radical (unpaired) electrons. The molecule has 2 aromatic heterocycles. The van der Waals surface area contributed by atoms with E-state index >= 15 is 4.39 Å². The van der Waals surface area contributed by atoms with Crippen molar-refractivity contribution in [3.05, 3.63) is 53.4 Å². The number of nitriles is 1. The Morgan fingerprint density at radius 2 is 2.02 bits per heavy atom. The van der Waals surface area contributed by atoms with Crippen LogP contribution in [0.5, 0.6) is 6.01 Å². The van der Waals surface area contributed by atoms with E-state index in [1.54, 1.807) is 19.4 Å². The van der Waals surface area contributed by atoms with Crippen LogP contribution in [0.1, 0.15) is 12.8 Å². The van der Waals surface area contributed by atoms with E-state index in [1.165, 1.54) is 0 Å². The Morgan fingerprint density at radius 3 is 2.80 bits per heavy atom. The van der Waals surface area contributed by atoms with Crippen LogP contribution in [-0.2, 0) is 4.74 Å². The smallest absolute Gasteiger partial charge is 0.319 e. The molecule has 4 heterocycles. The van der Waals surface area contributed by atoms with Crippen molar-refractivity contribution < 1.29 is 13.9 Å². The highest BCUT2D eigenvalue weighted by Crippen LogP contribution is 2.37. The number of likely N-dealkylation sites (tertiary alicyclic amines) is 1. The first-order valence-corrected chi connectivity index (χ1v) is 14.1. The minimum absolute atomic E-state index is 0.0313. The van der Waals surface area contributed by atoms with Crippen LogP contribution in [0, 0.1) is 17.1 Å². The van der Waals surface area contributed by atoms with Gasteiger partial charge in [-0.25, -0.2) is 4.39 Å². The molecule has 1 N–H and O–H groups in total. The largest absolute Gasteiger partial charge is 0.462 e. The van der Waals surface area contributed by atoms with E-state index in [1.807, 2.05) is 42.3 Å². The van der Waals surface area contributed by atoms with Gasteiger partial charge < -0.3 is 19.7 Å². The van der Waals surface area contributed by atoms with E-state index in [2.05, 4.69) is 26.3 Å². The van der Waals surface area contributed by atoms with E-state index < -0.39 is 5.82 Å². The van der Waals surface area contributed by atoms with Crippen molar-refractivity contribution in [2.45, 2.75) is 31.0 Å². The molecule has 212 valence electrons. The lowest BCUT2D eigenvalue weighted by Gasteiger charge is -2.34. The first kappa shape index (κ1) is 27.5. The number of pyridine rings is 1. The summed E-state index contributed by atoms with van der Waals surface area (Å²) in [5.74, 6) is -0.0255. The van der Waals surface area contributed by atoms with Gasteiger partial charge in [0, 0.05) is 67.5 Å². The molecule has 3 atom stereocenters. The molecule has 2 aliphatic rings. The van der Waals surface area contributed by atoms with E-state index in [0.717, 1.165) is 23.7 Å². The molecular formula is C30H31ClFN7O2. The maximum Gasteiger partial charge on any atom is 0.319 e. The van der Waals surface area contributed by atoms with Crippen LogP contribution in [0.3, 0.4) is 0 Å². The van der Waals surface area contributed by atoms with E-state index in [4.69, 9.17) is 26.1 Å². The fourth-order valence-electron chi connectivity index (χ4n) is 5.84. The molecular weight excluding hydrogens is 545 g/mol. The molecule has 6 rings (SSSR count). The number of aromatic nitrogens is 3. The molecule has 9 nitrogen and oxygen atoms in total. The molecule has 2 aliphatic heterocycles. The van der Waals surface area contributed by atoms with Crippen LogP contribution in [0.2, 0.25) is 5.02 Å². The summed E-state index contributed by atoms with van der Waals surface area (Å²) in [4.78, 5) is 18.1. The summed E-state index contributed by atoms with van der Waals surface area (Å²) in [6.45, 7) is 3.01. The molecule has 2 saturated heterocycles. The van der Waals surface area contributed by atoms with Crippen LogP contribution in [0.4, 0.5) is 10.2 Å². The van der Waals surface area contributed by atoms with Crippen molar-refractivity contribution >= 4 is 39.1 Å². The molecule has 2 aromatic carbocycles. The van der Waals surface area contributed by atoms with Crippen LogP contribution < -0.4 is 15.0 Å². The van der Waals surface area contributed by atoms with Crippen molar-refractivity contribution in [1.29, 1.82) is 5.26 Å². The number of benzene rings is 2. The van der Waals surface area contributed by atoms with Gasteiger partial charge in [-0.1, -0.05) is 41.9 Å². The molecule has 41 heavy (non-hydrogen) atoms. The summed E-state index contributed by atoms with van der Waals surface area (Å²) in [5.41, 5.74) is 0.876. The number of anilines is 1. The number of hydrogen-bond acceptors (Lipinski definition) is 9. The maximum absolute atomic E-state index is 16.5. The first-order chi connectivity index (χ1) is 20.0. The zero-order valence-electron chi connectivity index (χ0n) is 23.0. The highest BCUT2D eigenvalue weighted by atomic mass is 35.5. The summed E-state index contributed by atoms with van der Waals surface area (Å²) in [6.07, 6.45) is 2.94. The Hall–Kier alpha value is -3.62. The van der Waals surface area contributed by atoms with Crippen molar-refractivity contribution in [3.63, 3.8) is 0 Å². The van der Waals surface area contributed by atoms with Gasteiger partial charge in [-0.2, -0.15) is 15.2 Å². The fraction of sp³-hybridized carbons (Fsp3) is 0.400. The quantitative estimate of drug-likeness (QED) is 0.343. The zero-order valence-corrected chi connectivity index (χ0v) is 23.7. The predicted molar refractivity (Wildman–Crippen MR) is 157 cm³/mol. The maximum atomic E-state index is 16.5. The average molecular weight is 576 g/mol. The Kier molecular flexibility index (Phi) is 7.86. The second-order valence-electron chi connectivity index (χ2n) is 10.6. The summed E-state index contributed by atoms with van der Waals surface area (Å²) in [5, 5.41) is 15.2. The molecule has 0 bridgehead atoms. The number of ether oxygens (including phenoxy) is 2. The molecule has 0 aliphatic carbocycles. The Morgan fingerprint density at radius 1 is 1.20 bits per heavy atom. The van der Waals surface area contributed by atoms with Crippen molar-refractivity contribution in [2.75, 3.05) is 51.8 Å². The lowest BCUT2D eigenvalue weighted by Crippen LogP contribution is -2.51. The normalized spacial score (nSPS) is 21.4. The van der Waals surface area contributed by atoms with Gasteiger partial charge in [-0.05, 0) is 24.9 Å². The van der Waals surface area contributed by atoms with Gasteiger partial charge >= 0.3 is 6.01 Å². The van der Waals surface area contributed by atoms with Gasteiger partial charge in [0.1, 0.15) is 23.6 Å². The Balaban J connectivity index is 1.44. The molecule has 0 spiro atoms. The third-order valence-corrected chi connectivity index (χ3v) is 8.35. The summed E-state index contributed by atoms with van der Waals surface area (Å²) in [7, 11) is 3.74. The second kappa shape index (κ2) is 11.7. The molecule has 11 heteroatoms. The van der Waals surface area contributed by atoms with E-state index in [-0.39, 0.29) is 35.4 Å². The highest BCUT2D eigenvalue weighted by Gasteiger charge is 2.31. The van der Waals surface area contributed by atoms with Gasteiger partial charge in [0.05, 0.1) is 24.0 Å². The number of hydrogen-bond donors (Lipinski definition) is 1. The molecule has 0 amide bonds. The van der Waals surface area contributed by atoms with Gasteiger partial charge in [0.2, 0.25) is 0 Å². The Labute approximate surface area is 242 Å². The van der Waals surface area contributed by atoms with Crippen LogP contribution >= 0.6 is 11.6 Å². The van der Waals surface area contributed by atoms with Gasteiger partial charge in [0.25, 0.3) is 0 Å². The van der Waals surface area contributed by atoms with Gasteiger partial charge in [0.15, 0.2) is 5.82 Å². The molecule has 2 fully saturated rings. The van der Waals surface area contributed by atoms with Crippen LogP contribution in [0.15, 0.2) is 42.6 Å². The zero-order chi connectivity index (χ0) is 28.5. The number of nitrogens with zero attached hydrogens (tertiary/aromatic N) is 6. The standard InChI is InChI=1S/C30H31ClFN7O2/c1-38-16-21(40-2)13-20(38)17-41-30-36-28-23(29(37-30)39-12-11-34-19(15-39)9-10-33)14-35-27(26(28)32)22-7-3-5-18-6-4-8-24(31)25(18)22/h3-8,14,19-21,34H,9,11-13,15-17H2,1-2H3/t19?,20-,21+/m0/s1. The highest BCUT2D eigenvalue weighted by molar-refractivity contribution is 6.36. The van der Waals surface area contributed by atoms with E-state index in [9.17, 15) is 5.26 Å². The summed E-state index contributed by atoms with van der Waals surface area (Å²) >= 11 is 6.57. The van der Waals surface area contributed by atoms with Gasteiger partial charge in [-0.3, -0.25) is 9.88 Å². The topological polar surface area (TPSA) is 99.4 Å². The minimum Gasteiger partial charge on any atom is -0.462 e. The molecule has 1 unspecified atom stereocenters. The van der Waals surface area contributed by atoms with Crippen molar-refractivity contribution in [2.24, 2.45) is 0 Å². The van der Waals surface area contributed by atoms with Crippen molar-refractivity contribution in [3.8, 4) is 23.3 Å². The number of methoxy groups -OCH3 is 1. The van der Waals surface area contributed by atoms with Crippen molar-refractivity contribution in [1.82, 2.24) is 25.2 Å². The first-order valence-electron chi connectivity index (χ1n) is 13.7. The van der Waals surface area contributed by atoms with Crippen LogP contribution in [0.25, 0.3) is 32.9 Å². The number of piperazine rings is 1. The molecule has 0 saturated carbocycles. The van der Waals surface area contributed by atoms with Gasteiger partial charge in [-0.15, -0.1) is 0 Å². The summed E-state index contributed by atoms with van der Waals surface area (Å²) in [6, 6.07) is 13.6. The lowest BCUT2D eigenvalue weighted by molar-refractivity contribution is 0.111. The lowest BCUT2D eigenvalue weighted by atomic mass is 10.0. The third kappa shape index (κ3) is 5.38. The number of nitrogens with one attached hydrogen (secondary N) is 1. The fourth-order valence-corrected chi connectivity index (χ4v) is 6.12. The number of rotatable bonds is 7. The molecule has 4 aromatic rings. The number of likely N-dealkylation sites (N-methyl/N-ethyl adjacent to an activating group) is 1. The second-order valence-corrected chi connectivity index (χ2v) is 11.0.